The number of aromatic nitrogens is 1. The van der Waals surface area contributed by atoms with E-state index in [0.717, 1.165) is 36.2 Å². The summed E-state index contributed by atoms with van der Waals surface area (Å²) in [6.45, 7) is 0. The summed E-state index contributed by atoms with van der Waals surface area (Å²) in [6.07, 6.45) is 12.2. The van der Waals surface area contributed by atoms with Crippen LogP contribution in [0.5, 0.6) is 0 Å². The second-order valence-electron chi connectivity index (χ2n) is 7.02. The Morgan fingerprint density at radius 1 is 1.08 bits per heavy atom. The monoisotopic (exact) mass is 340 g/mol. The van der Waals surface area contributed by atoms with E-state index in [2.05, 4.69) is 35.7 Å². The molecule has 2 aliphatic carbocycles. The first-order chi connectivity index (χ1) is 11.8. The minimum absolute atomic E-state index is 0.0255. The fourth-order valence-electron chi connectivity index (χ4n) is 3.98. The number of carbonyl (C=O) groups is 1. The number of hydrogen-bond donors (Lipinski definition) is 1. The minimum atomic E-state index is 0.0255. The van der Waals surface area contributed by atoms with Crippen molar-refractivity contribution in [3.8, 4) is 0 Å². The fourth-order valence-corrected chi connectivity index (χ4v) is 5.13. The van der Waals surface area contributed by atoms with Gasteiger partial charge in [-0.05, 0) is 37.8 Å². The van der Waals surface area contributed by atoms with Crippen LogP contribution in [0.3, 0.4) is 0 Å². The van der Waals surface area contributed by atoms with Gasteiger partial charge in [-0.25, -0.2) is 4.98 Å². The molecule has 0 unspecified atom stereocenters. The van der Waals surface area contributed by atoms with Gasteiger partial charge in [0.05, 0.1) is 21.1 Å². The molecule has 4 heteroatoms. The smallest absolute Gasteiger partial charge is 0.224 e. The Labute approximate surface area is 147 Å². The zero-order chi connectivity index (χ0) is 16.4. The van der Waals surface area contributed by atoms with Crippen LogP contribution >= 0.6 is 11.3 Å². The second-order valence-corrected chi connectivity index (χ2v) is 8.08. The third-order valence-corrected chi connectivity index (χ3v) is 6.52. The Balaban J connectivity index is 1.54. The quantitative estimate of drug-likeness (QED) is 0.816. The summed E-state index contributed by atoms with van der Waals surface area (Å²) in [5, 5.41) is 4.44. The molecule has 3 nitrogen and oxygen atoms in total. The largest absolute Gasteiger partial charge is 0.353 e. The summed E-state index contributed by atoms with van der Waals surface area (Å²) in [4.78, 5) is 17.7. The molecule has 0 saturated heterocycles. The van der Waals surface area contributed by atoms with Crippen molar-refractivity contribution >= 4 is 27.5 Å². The van der Waals surface area contributed by atoms with E-state index in [-0.39, 0.29) is 17.7 Å². The lowest BCUT2D eigenvalue weighted by Crippen LogP contribution is -2.42. The number of para-hydroxylation sites is 1. The molecule has 1 aromatic carbocycles. The van der Waals surface area contributed by atoms with Gasteiger partial charge in [-0.1, -0.05) is 43.5 Å². The fraction of sp³-hybridized carbons (Fsp3) is 0.500. The van der Waals surface area contributed by atoms with Crippen molar-refractivity contribution in [3.05, 3.63) is 41.4 Å². The predicted octanol–water partition coefficient (Wildman–Crippen LogP) is 4.80. The van der Waals surface area contributed by atoms with E-state index >= 15 is 0 Å². The maximum Gasteiger partial charge on any atom is 0.224 e. The summed E-state index contributed by atoms with van der Waals surface area (Å²) in [7, 11) is 0. The summed E-state index contributed by atoms with van der Waals surface area (Å²) in [5.74, 6) is 0.476. The summed E-state index contributed by atoms with van der Waals surface area (Å²) in [6, 6.07) is 8.64. The van der Waals surface area contributed by atoms with Crippen LogP contribution in [0.15, 0.2) is 36.4 Å². The summed E-state index contributed by atoms with van der Waals surface area (Å²) < 4.78 is 1.22. The lowest BCUT2D eigenvalue weighted by Gasteiger charge is -2.29. The third kappa shape index (κ3) is 3.25. The predicted molar refractivity (Wildman–Crippen MR) is 99.2 cm³/mol. The van der Waals surface area contributed by atoms with Crippen LogP contribution in [0.4, 0.5) is 0 Å². The van der Waals surface area contributed by atoms with Gasteiger partial charge in [0, 0.05) is 12.0 Å². The van der Waals surface area contributed by atoms with Gasteiger partial charge in [0.25, 0.3) is 0 Å². The van der Waals surface area contributed by atoms with Gasteiger partial charge in [-0.3, -0.25) is 4.79 Å². The molecule has 2 atom stereocenters. The maximum absolute atomic E-state index is 12.9. The molecule has 0 bridgehead atoms. The molecule has 1 N–H and O–H groups in total. The molecule has 2 aliphatic rings. The molecule has 24 heavy (non-hydrogen) atoms. The topological polar surface area (TPSA) is 42.0 Å². The van der Waals surface area contributed by atoms with Gasteiger partial charge in [0.1, 0.15) is 0 Å². The molecule has 0 spiro atoms. The van der Waals surface area contributed by atoms with Gasteiger partial charge < -0.3 is 5.32 Å². The van der Waals surface area contributed by atoms with Crippen molar-refractivity contribution in [3.63, 3.8) is 0 Å². The van der Waals surface area contributed by atoms with Crippen LogP contribution in [0.2, 0.25) is 0 Å². The van der Waals surface area contributed by atoms with Gasteiger partial charge in [-0.15, -0.1) is 11.3 Å². The highest BCUT2D eigenvalue weighted by Gasteiger charge is 2.33. The Morgan fingerprint density at radius 3 is 2.71 bits per heavy atom. The van der Waals surface area contributed by atoms with Crippen molar-refractivity contribution in [2.75, 3.05) is 0 Å². The van der Waals surface area contributed by atoms with Crippen LogP contribution in [0, 0.1) is 5.92 Å². The highest BCUT2D eigenvalue weighted by Crippen LogP contribution is 2.38. The molecule has 4 rings (SSSR count). The average molecular weight is 340 g/mol. The third-order valence-electron chi connectivity index (χ3n) is 5.35. The van der Waals surface area contributed by atoms with Gasteiger partial charge in [0.2, 0.25) is 5.91 Å². The Morgan fingerprint density at radius 2 is 1.88 bits per heavy atom. The van der Waals surface area contributed by atoms with E-state index < -0.39 is 0 Å². The molecule has 1 heterocycles. The number of benzene rings is 1. The van der Waals surface area contributed by atoms with Crippen molar-refractivity contribution in [1.29, 1.82) is 0 Å². The van der Waals surface area contributed by atoms with Gasteiger partial charge in [0.15, 0.2) is 0 Å². The van der Waals surface area contributed by atoms with E-state index in [1.165, 1.54) is 24.0 Å². The summed E-state index contributed by atoms with van der Waals surface area (Å²) in [5.41, 5.74) is 1.05. The molecule has 126 valence electrons. The van der Waals surface area contributed by atoms with Crippen molar-refractivity contribution in [1.82, 2.24) is 10.3 Å². The molecule has 1 aromatic heterocycles. The highest BCUT2D eigenvalue weighted by atomic mass is 32.1. The SMILES string of the molecule is O=C(NC1CCCCC1)[C@@H]1CC=CC[C@H]1c1nc2ccccc2s1. The normalized spacial score (nSPS) is 25.0. The number of rotatable bonds is 3. The van der Waals surface area contributed by atoms with Crippen LogP contribution < -0.4 is 5.32 Å². The number of amides is 1. The van der Waals surface area contributed by atoms with Crippen LogP contribution in [0.25, 0.3) is 10.2 Å². The number of allylic oxidation sites excluding steroid dienone is 2. The highest BCUT2D eigenvalue weighted by molar-refractivity contribution is 7.18. The number of carbonyl (C=O) groups excluding carboxylic acids is 1. The molecule has 1 fully saturated rings. The number of hydrogen-bond acceptors (Lipinski definition) is 3. The minimum Gasteiger partial charge on any atom is -0.353 e. The molecule has 1 amide bonds. The molecule has 1 saturated carbocycles. The Hall–Kier alpha value is -1.68. The van der Waals surface area contributed by atoms with E-state index in [9.17, 15) is 4.79 Å². The average Bonchev–Trinajstić information content (AvgIpc) is 3.06. The number of fused-ring (bicyclic) bond motifs is 1. The van der Waals surface area contributed by atoms with E-state index in [0.29, 0.717) is 6.04 Å². The zero-order valence-electron chi connectivity index (χ0n) is 13.9. The lowest BCUT2D eigenvalue weighted by molar-refractivity contribution is -0.126. The molecule has 0 aliphatic heterocycles. The standard InChI is InChI=1S/C20H24N2OS/c23-19(21-14-8-2-1-3-9-14)15-10-4-5-11-16(15)20-22-17-12-6-7-13-18(17)24-20/h4-7,12-16H,1-3,8-11H2,(H,21,23)/t15-,16-/m1/s1. The van der Waals surface area contributed by atoms with Crippen LogP contribution in [-0.4, -0.2) is 16.9 Å². The first-order valence-electron chi connectivity index (χ1n) is 9.12. The first-order valence-corrected chi connectivity index (χ1v) is 9.94. The van der Waals surface area contributed by atoms with Crippen molar-refractivity contribution in [2.45, 2.75) is 56.9 Å². The molecular weight excluding hydrogens is 316 g/mol. The Bertz CT molecular complexity index is 712. The molecular formula is C20H24N2OS. The second kappa shape index (κ2) is 7.06. The van der Waals surface area contributed by atoms with E-state index in [1.54, 1.807) is 11.3 Å². The van der Waals surface area contributed by atoms with Crippen LogP contribution in [0.1, 0.15) is 55.9 Å². The maximum atomic E-state index is 12.9. The number of nitrogens with zero attached hydrogens (tertiary/aromatic N) is 1. The van der Waals surface area contributed by atoms with E-state index in [1.807, 2.05) is 6.07 Å². The first kappa shape index (κ1) is 15.8. The van der Waals surface area contributed by atoms with Crippen molar-refractivity contribution in [2.24, 2.45) is 5.92 Å². The number of nitrogens with one attached hydrogen (secondary N) is 1. The molecule has 2 aromatic rings. The summed E-state index contributed by atoms with van der Waals surface area (Å²) >= 11 is 1.75. The van der Waals surface area contributed by atoms with Gasteiger partial charge in [-0.2, -0.15) is 0 Å². The van der Waals surface area contributed by atoms with Crippen LogP contribution in [-0.2, 0) is 4.79 Å². The Kier molecular flexibility index (Phi) is 4.65. The molecule has 0 radical (unpaired) electrons. The van der Waals surface area contributed by atoms with Gasteiger partial charge >= 0.3 is 0 Å². The lowest BCUT2D eigenvalue weighted by atomic mass is 9.82. The number of thiazole rings is 1. The zero-order valence-corrected chi connectivity index (χ0v) is 14.7. The van der Waals surface area contributed by atoms with E-state index in [4.69, 9.17) is 4.98 Å². The van der Waals surface area contributed by atoms with Crippen molar-refractivity contribution < 1.29 is 4.79 Å².